The van der Waals surface area contributed by atoms with Gasteiger partial charge in [0, 0.05) is 6.07 Å². The lowest BCUT2D eigenvalue weighted by Gasteiger charge is -2.16. The van der Waals surface area contributed by atoms with Crippen LogP contribution in [0.3, 0.4) is 0 Å². The van der Waals surface area contributed by atoms with E-state index in [9.17, 15) is 9.90 Å². The van der Waals surface area contributed by atoms with Crippen LogP contribution in [0, 0.1) is 0 Å². The van der Waals surface area contributed by atoms with Crippen molar-refractivity contribution in [1.29, 1.82) is 0 Å². The maximum absolute atomic E-state index is 12.5. The quantitative estimate of drug-likeness (QED) is 0.453. The average molecular weight is 347 g/mol. The number of hydrogen-bond acceptors (Lipinski definition) is 6. The lowest BCUT2D eigenvalue weighted by molar-refractivity contribution is 0.0318. The molecule has 2 rings (SSSR count). The monoisotopic (exact) mass is 347 g/mol. The Morgan fingerprint density at radius 2 is 2.04 bits per heavy atom. The fourth-order valence-electron chi connectivity index (χ4n) is 2.85. The fraction of sp³-hybridized carbons (Fsp3) is 0.474. The minimum atomic E-state index is -0.555. The number of methoxy groups -OCH3 is 1. The minimum Gasteiger partial charge on any atom is -0.507 e. The van der Waals surface area contributed by atoms with Gasteiger partial charge in [-0.15, -0.1) is 0 Å². The van der Waals surface area contributed by atoms with Crippen LogP contribution in [0.2, 0.25) is 0 Å². The highest BCUT2D eigenvalue weighted by molar-refractivity contribution is 5.97. The summed E-state index contributed by atoms with van der Waals surface area (Å²) < 4.78 is 10.6. The summed E-state index contributed by atoms with van der Waals surface area (Å²) in [7, 11) is 1.50. The highest BCUT2D eigenvalue weighted by atomic mass is 16.5. The summed E-state index contributed by atoms with van der Waals surface area (Å²) in [6.45, 7) is 1.82. The SMILES string of the molecule is COc1cc(O)c2c(c1)C=CCCCC(=NO)CCC[C@H](C)OC2=O. The molecule has 1 aliphatic rings. The normalized spacial score (nSPS) is 21.3. The van der Waals surface area contributed by atoms with Crippen LogP contribution in [-0.2, 0) is 4.74 Å². The Labute approximate surface area is 147 Å². The second-order valence-electron chi connectivity index (χ2n) is 6.18. The highest BCUT2D eigenvalue weighted by Gasteiger charge is 2.21. The first-order valence-electron chi connectivity index (χ1n) is 8.53. The van der Waals surface area contributed by atoms with Crippen LogP contribution in [0.5, 0.6) is 11.5 Å². The molecule has 0 aliphatic carbocycles. The van der Waals surface area contributed by atoms with Crippen molar-refractivity contribution >= 4 is 17.8 Å². The Morgan fingerprint density at radius 1 is 1.28 bits per heavy atom. The van der Waals surface area contributed by atoms with E-state index in [-0.39, 0.29) is 17.4 Å². The predicted octanol–water partition coefficient (Wildman–Crippen LogP) is 4.14. The van der Waals surface area contributed by atoms with Crippen LogP contribution in [0.4, 0.5) is 0 Å². The molecule has 1 heterocycles. The Morgan fingerprint density at radius 3 is 2.76 bits per heavy atom. The van der Waals surface area contributed by atoms with E-state index in [1.807, 2.05) is 13.0 Å². The standard InChI is InChI=1S/C19H25NO5/c1-13-7-6-10-15(20-23)9-5-3-4-8-14-11-16(24-2)12-17(21)18(14)19(22)25-13/h4,8,11-13,21,23H,3,5-7,9-10H2,1-2H3/t13-/m0/s1. The topological polar surface area (TPSA) is 88.3 Å². The van der Waals surface area contributed by atoms with E-state index in [2.05, 4.69) is 5.16 Å². The number of carbonyl (C=O) groups excluding carboxylic acids is 1. The van der Waals surface area contributed by atoms with Gasteiger partial charge in [-0.1, -0.05) is 17.3 Å². The van der Waals surface area contributed by atoms with Gasteiger partial charge in [0.1, 0.15) is 17.1 Å². The molecule has 0 saturated carbocycles. The molecule has 6 heteroatoms. The molecule has 0 unspecified atom stereocenters. The van der Waals surface area contributed by atoms with Crippen molar-refractivity contribution in [2.45, 2.75) is 51.6 Å². The molecule has 136 valence electrons. The van der Waals surface area contributed by atoms with E-state index in [0.29, 0.717) is 24.2 Å². The molecule has 0 aromatic heterocycles. The second kappa shape index (κ2) is 9.11. The zero-order chi connectivity index (χ0) is 18.2. The molecular weight excluding hydrogens is 322 g/mol. The van der Waals surface area contributed by atoms with Gasteiger partial charge in [0.2, 0.25) is 0 Å². The van der Waals surface area contributed by atoms with Crippen molar-refractivity contribution in [3.63, 3.8) is 0 Å². The van der Waals surface area contributed by atoms with Crippen LogP contribution in [-0.4, -0.2) is 35.2 Å². The Kier molecular flexibility index (Phi) is 6.86. The van der Waals surface area contributed by atoms with Gasteiger partial charge in [-0.3, -0.25) is 0 Å². The molecule has 6 nitrogen and oxygen atoms in total. The molecule has 0 saturated heterocycles. The molecular formula is C19H25NO5. The van der Waals surface area contributed by atoms with Crippen LogP contribution in [0.25, 0.3) is 6.08 Å². The highest BCUT2D eigenvalue weighted by Crippen LogP contribution is 2.30. The van der Waals surface area contributed by atoms with Crippen molar-refractivity contribution in [1.82, 2.24) is 0 Å². The summed E-state index contributed by atoms with van der Waals surface area (Å²) in [5.74, 6) is -0.240. The third-order valence-corrected chi connectivity index (χ3v) is 4.22. The summed E-state index contributed by atoms with van der Waals surface area (Å²) in [6, 6.07) is 3.11. The number of fused-ring (bicyclic) bond motifs is 1. The maximum atomic E-state index is 12.5. The molecule has 0 radical (unpaired) electrons. The number of ether oxygens (including phenoxy) is 2. The molecule has 25 heavy (non-hydrogen) atoms. The summed E-state index contributed by atoms with van der Waals surface area (Å²) >= 11 is 0. The number of esters is 1. The first-order chi connectivity index (χ1) is 12.0. The number of benzene rings is 1. The first kappa shape index (κ1) is 18.8. The Balaban J connectivity index is 2.33. The van der Waals surface area contributed by atoms with Gasteiger partial charge < -0.3 is 19.8 Å². The van der Waals surface area contributed by atoms with Crippen LogP contribution in [0.15, 0.2) is 23.4 Å². The van der Waals surface area contributed by atoms with Crippen molar-refractivity contribution in [3.05, 3.63) is 29.3 Å². The van der Waals surface area contributed by atoms with Gasteiger partial charge in [0.25, 0.3) is 0 Å². The zero-order valence-electron chi connectivity index (χ0n) is 14.7. The number of cyclic esters (lactones) is 1. The molecule has 1 atom stereocenters. The number of hydrogen-bond donors (Lipinski definition) is 2. The van der Waals surface area contributed by atoms with Crippen LogP contribution >= 0.6 is 0 Å². The number of oxime groups is 1. The van der Waals surface area contributed by atoms with Crippen molar-refractivity contribution in [3.8, 4) is 11.5 Å². The molecule has 2 N–H and O–H groups in total. The number of nitrogens with zero attached hydrogens (tertiary/aromatic N) is 1. The maximum Gasteiger partial charge on any atom is 0.342 e. The lowest BCUT2D eigenvalue weighted by Crippen LogP contribution is -2.17. The Bertz CT molecular complexity index is 666. The third-order valence-electron chi connectivity index (χ3n) is 4.22. The minimum absolute atomic E-state index is 0.151. The molecule has 1 aromatic carbocycles. The molecule has 0 bridgehead atoms. The molecule has 0 fully saturated rings. The lowest BCUT2D eigenvalue weighted by atomic mass is 10.0. The molecule has 1 aromatic rings. The largest absolute Gasteiger partial charge is 0.507 e. The fourth-order valence-corrected chi connectivity index (χ4v) is 2.85. The number of aromatic hydroxyl groups is 1. The third kappa shape index (κ3) is 5.24. The van der Waals surface area contributed by atoms with Gasteiger partial charge in [-0.25, -0.2) is 4.79 Å². The predicted molar refractivity (Wildman–Crippen MR) is 95.5 cm³/mol. The Hall–Kier alpha value is -2.50. The van der Waals surface area contributed by atoms with Crippen molar-refractivity contribution < 1.29 is 24.6 Å². The molecule has 1 aliphatic heterocycles. The van der Waals surface area contributed by atoms with Crippen molar-refractivity contribution in [2.24, 2.45) is 5.16 Å². The van der Waals surface area contributed by atoms with Crippen LogP contribution < -0.4 is 4.74 Å². The summed E-state index contributed by atoms with van der Waals surface area (Å²) in [4.78, 5) is 12.5. The summed E-state index contributed by atoms with van der Waals surface area (Å²) in [5, 5.41) is 22.7. The van der Waals surface area contributed by atoms with Gasteiger partial charge in [0.15, 0.2) is 0 Å². The zero-order valence-corrected chi connectivity index (χ0v) is 14.7. The van der Waals surface area contributed by atoms with Gasteiger partial charge in [-0.2, -0.15) is 0 Å². The number of allylic oxidation sites excluding steroid dienone is 1. The van der Waals surface area contributed by atoms with E-state index in [1.165, 1.54) is 13.2 Å². The van der Waals surface area contributed by atoms with E-state index in [0.717, 1.165) is 31.4 Å². The second-order valence-corrected chi connectivity index (χ2v) is 6.18. The first-order valence-corrected chi connectivity index (χ1v) is 8.53. The summed E-state index contributed by atoms with van der Waals surface area (Å²) in [5.41, 5.74) is 1.48. The van der Waals surface area contributed by atoms with E-state index < -0.39 is 5.97 Å². The van der Waals surface area contributed by atoms with E-state index in [4.69, 9.17) is 14.7 Å². The van der Waals surface area contributed by atoms with E-state index in [1.54, 1.807) is 12.1 Å². The van der Waals surface area contributed by atoms with Gasteiger partial charge in [0.05, 0.1) is 18.9 Å². The number of carbonyl (C=O) groups is 1. The molecule has 0 spiro atoms. The van der Waals surface area contributed by atoms with Gasteiger partial charge >= 0.3 is 5.97 Å². The number of phenolic OH excluding ortho intramolecular Hbond substituents is 1. The number of phenols is 1. The molecule has 0 amide bonds. The van der Waals surface area contributed by atoms with Crippen LogP contribution in [0.1, 0.15) is 61.4 Å². The number of rotatable bonds is 1. The smallest absolute Gasteiger partial charge is 0.342 e. The van der Waals surface area contributed by atoms with E-state index >= 15 is 0 Å². The summed E-state index contributed by atoms with van der Waals surface area (Å²) in [6.07, 6.45) is 7.86. The van der Waals surface area contributed by atoms with Gasteiger partial charge in [-0.05, 0) is 57.1 Å². The van der Waals surface area contributed by atoms with Crippen molar-refractivity contribution in [2.75, 3.05) is 7.11 Å². The average Bonchev–Trinajstić information content (AvgIpc) is 2.58.